The number of hydrogen-bond donors (Lipinski definition) is 0. The van der Waals surface area contributed by atoms with Gasteiger partial charge in [-0.25, -0.2) is 0 Å². The third kappa shape index (κ3) is 4.74. The molecule has 0 bridgehead atoms. The molecule has 0 aromatic heterocycles. The molecule has 2 aromatic carbocycles. The summed E-state index contributed by atoms with van der Waals surface area (Å²) in [6, 6.07) is 12.4. The highest BCUT2D eigenvalue weighted by Gasteiger charge is 2.36. The van der Waals surface area contributed by atoms with Crippen molar-refractivity contribution < 1.29 is 14.3 Å². The summed E-state index contributed by atoms with van der Waals surface area (Å²) in [7, 11) is 1.81. The number of fused-ring (bicyclic) bond motifs is 2. The van der Waals surface area contributed by atoms with E-state index in [9.17, 15) is 9.59 Å². The first kappa shape index (κ1) is 22.9. The van der Waals surface area contributed by atoms with E-state index in [-0.39, 0.29) is 24.0 Å². The highest BCUT2D eigenvalue weighted by Crippen LogP contribution is 2.33. The Bertz CT molecular complexity index is 977. The average molecular weight is 475 g/mol. The zero-order valence-electron chi connectivity index (χ0n) is 18.2. The van der Waals surface area contributed by atoms with Crippen LogP contribution in [0.25, 0.3) is 0 Å². The summed E-state index contributed by atoms with van der Waals surface area (Å²) in [4.78, 5) is 30.3. The second-order valence-electron chi connectivity index (χ2n) is 8.53. The Hall–Kier alpha value is -2.24. The number of benzene rings is 2. The maximum Gasteiger partial charge on any atom is 0.257 e. The van der Waals surface area contributed by atoms with Crippen LogP contribution in [0.4, 0.5) is 0 Å². The summed E-state index contributed by atoms with van der Waals surface area (Å²) >= 11 is 12.8. The Kier molecular flexibility index (Phi) is 7.27. The third-order valence-corrected chi connectivity index (χ3v) is 7.02. The summed E-state index contributed by atoms with van der Waals surface area (Å²) in [6.07, 6.45) is 5.07. The SMILES string of the molecule is CN1CCCCN(C(=O)c2c(Cl)cccc2Cl)[C@@H]2CCCC[C@@H]2Oc2ccccc2C1=O. The summed E-state index contributed by atoms with van der Waals surface area (Å²) < 4.78 is 6.46. The molecule has 2 aliphatic rings. The number of amides is 2. The monoisotopic (exact) mass is 474 g/mol. The van der Waals surface area contributed by atoms with Crippen LogP contribution in [-0.2, 0) is 0 Å². The van der Waals surface area contributed by atoms with E-state index in [1.807, 2.05) is 29.2 Å². The Morgan fingerprint density at radius 1 is 0.938 bits per heavy atom. The topological polar surface area (TPSA) is 49.9 Å². The number of ether oxygens (including phenoxy) is 1. The first-order chi connectivity index (χ1) is 15.5. The van der Waals surface area contributed by atoms with Crippen LogP contribution >= 0.6 is 23.2 Å². The molecule has 0 spiro atoms. The van der Waals surface area contributed by atoms with E-state index < -0.39 is 0 Å². The number of para-hydroxylation sites is 1. The lowest BCUT2D eigenvalue weighted by Gasteiger charge is -2.41. The fourth-order valence-electron chi connectivity index (χ4n) is 4.68. The van der Waals surface area contributed by atoms with E-state index in [1.54, 1.807) is 30.1 Å². The average Bonchev–Trinajstić information content (AvgIpc) is 2.78. The molecule has 1 aliphatic carbocycles. The molecular weight excluding hydrogens is 447 g/mol. The van der Waals surface area contributed by atoms with Crippen LogP contribution in [0.5, 0.6) is 5.75 Å². The lowest BCUT2D eigenvalue weighted by molar-refractivity contribution is 0.0261. The number of carbonyl (C=O) groups is 2. The molecule has 1 aliphatic heterocycles. The van der Waals surface area contributed by atoms with Gasteiger partial charge in [-0.3, -0.25) is 9.59 Å². The minimum Gasteiger partial charge on any atom is -0.487 e. The fraction of sp³-hybridized carbons (Fsp3) is 0.440. The van der Waals surface area contributed by atoms with Crippen LogP contribution in [0, 0.1) is 0 Å². The fourth-order valence-corrected chi connectivity index (χ4v) is 5.24. The maximum absolute atomic E-state index is 13.7. The molecule has 5 nitrogen and oxygen atoms in total. The number of carbonyl (C=O) groups excluding carboxylic acids is 2. The van der Waals surface area contributed by atoms with Crippen LogP contribution in [-0.4, -0.2) is 53.9 Å². The predicted molar refractivity (Wildman–Crippen MR) is 127 cm³/mol. The Balaban J connectivity index is 1.72. The van der Waals surface area contributed by atoms with E-state index >= 15 is 0 Å². The lowest BCUT2D eigenvalue weighted by Crippen LogP contribution is -2.51. The van der Waals surface area contributed by atoms with E-state index in [0.717, 1.165) is 38.5 Å². The number of hydrogen-bond acceptors (Lipinski definition) is 3. The molecule has 4 rings (SSSR count). The van der Waals surface area contributed by atoms with Gasteiger partial charge in [-0.05, 0) is 56.4 Å². The first-order valence-electron chi connectivity index (χ1n) is 11.2. The number of rotatable bonds is 1. The smallest absolute Gasteiger partial charge is 0.257 e. The molecule has 1 saturated carbocycles. The van der Waals surface area contributed by atoms with Gasteiger partial charge in [-0.1, -0.05) is 47.8 Å². The van der Waals surface area contributed by atoms with Gasteiger partial charge in [0.15, 0.2) is 0 Å². The van der Waals surface area contributed by atoms with Crippen molar-refractivity contribution >= 4 is 35.0 Å². The summed E-state index contributed by atoms with van der Waals surface area (Å²) in [6.45, 7) is 1.17. The van der Waals surface area contributed by atoms with Crippen LogP contribution in [0.2, 0.25) is 10.0 Å². The molecule has 7 heteroatoms. The van der Waals surface area contributed by atoms with Crippen molar-refractivity contribution in [3.63, 3.8) is 0 Å². The molecule has 2 aromatic rings. The number of nitrogens with zero attached hydrogens (tertiary/aromatic N) is 2. The van der Waals surface area contributed by atoms with Gasteiger partial charge in [0, 0.05) is 20.1 Å². The van der Waals surface area contributed by atoms with Crippen molar-refractivity contribution in [2.45, 2.75) is 50.7 Å². The van der Waals surface area contributed by atoms with Gasteiger partial charge in [0.1, 0.15) is 11.9 Å². The molecule has 0 radical (unpaired) electrons. The second-order valence-corrected chi connectivity index (χ2v) is 9.35. The van der Waals surface area contributed by atoms with Gasteiger partial charge in [0.25, 0.3) is 11.8 Å². The van der Waals surface area contributed by atoms with E-state index in [0.29, 0.717) is 40.0 Å². The summed E-state index contributed by atoms with van der Waals surface area (Å²) in [5, 5.41) is 0.718. The quantitative estimate of drug-likeness (QED) is 0.533. The van der Waals surface area contributed by atoms with Crippen molar-refractivity contribution in [2.24, 2.45) is 0 Å². The van der Waals surface area contributed by atoms with Gasteiger partial charge in [-0.2, -0.15) is 0 Å². The largest absolute Gasteiger partial charge is 0.487 e. The van der Waals surface area contributed by atoms with Crippen LogP contribution in [0.15, 0.2) is 42.5 Å². The standard InChI is InChI=1S/C25H28Cl2N2O3/c1-28-15-6-7-16-29(25(31)23-18(26)10-8-11-19(23)27)20-12-3-5-14-22(20)32-21-13-4-2-9-17(21)24(28)30/h2,4,8-11,13,20,22H,3,5-7,12,14-16H2,1H3/t20-,22+/m1/s1. The summed E-state index contributed by atoms with van der Waals surface area (Å²) in [5.41, 5.74) is 0.909. The van der Waals surface area contributed by atoms with Crippen LogP contribution < -0.4 is 4.74 Å². The normalized spacial score (nSPS) is 22.2. The van der Waals surface area contributed by atoms with Crippen molar-refractivity contribution in [1.29, 1.82) is 0 Å². The third-order valence-electron chi connectivity index (χ3n) is 6.39. The molecule has 2 amide bonds. The van der Waals surface area contributed by atoms with E-state index in [1.165, 1.54) is 0 Å². The maximum atomic E-state index is 13.7. The van der Waals surface area contributed by atoms with Gasteiger partial charge in [0.2, 0.25) is 0 Å². The molecule has 0 N–H and O–H groups in total. The van der Waals surface area contributed by atoms with Gasteiger partial charge in [-0.15, -0.1) is 0 Å². The molecule has 1 heterocycles. The number of halogens is 2. The van der Waals surface area contributed by atoms with Crippen molar-refractivity contribution in [3.8, 4) is 5.75 Å². The molecule has 1 fully saturated rings. The highest BCUT2D eigenvalue weighted by atomic mass is 35.5. The van der Waals surface area contributed by atoms with Crippen molar-refractivity contribution in [3.05, 3.63) is 63.6 Å². The zero-order chi connectivity index (χ0) is 22.7. The van der Waals surface area contributed by atoms with Gasteiger partial charge < -0.3 is 14.5 Å². The van der Waals surface area contributed by atoms with Gasteiger partial charge >= 0.3 is 0 Å². The minimum absolute atomic E-state index is 0.0377. The van der Waals surface area contributed by atoms with Crippen molar-refractivity contribution in [2.75, 3.05) is 20.1 Å². The van der Waals surface area contributed by atoms with E-state index in [4.69, 9.17) is 27.9 Å². The molecule has 170 valence electrons. The van der Waals surface area contributed by atoms with E-state index in [2.05, 4.69) is 0 Å². The molecule has 0 saturated heterocycles. The van der Waals surface area contributed by atoms with Crippen LogP contribution in [0.1, 0.15) is 59.2 Å². The molecule has 2 atom stereocenters. The van der Waals surface area contributed by atoms with Gasteiger partial charge in [0.05, 0.1) is 27.2 Å². The Morgan fingerprint density at radius 3 is 2.41 bits per heavy atom. The first-order valence-corrected chi connectivity index (χ1v) is 12.0. The highest BCUT2D eigenvalue weighted by molar-refractivity contribution is 6.39. The molecule has 0 unspecified atom stereocenters. The molecular formula is C25H28Cl2N2O3. The second kappa shape index (κ2) is 10.1. The summed E-state index contributed by atoms with van der Waals surface area (Å²) in [5.74, 6) is 0.380. The van der Waals surface area contributed by atoms with Crippen LogP contribution in [0.3, 0.4) is 0 Å². The Morgan fingerprint density at radius 2 is 1.62 bits per heavy atom. The minimum atomic E-state index is -0.201. The van der Waals surface area contributed by atoms with Crippen molar-refractivity contribution in [1.82, 2.24) is 9.80 Å². The molecule has 32 heavy (non-hydrogen) atoms. The predicted octanol–water partition coefficient (Wildman–Crippen LogP) is 5.69. The zero-order valence-corrected chi connectivity index (χ0v) is 19.7. The Labute approximate surface area is 199 Å². The lowest BCUT2D eigenvalue weighted by atomic mass is 9.90.